The Bertz CT molecular complexity index is 630. The standard InChI is InChI=1S/C18H22O11Si/c1-5-13(19)24-11-9-17(26-15(21)7-3)28-30(23)29-18(27-16(22)8-4)10-12-25-14(20)6-2/h5-8,17-18H,1-4,9-12H2. The lowest BCUT2D eigenvalue weighted by molar-refractivity contribution is -0.172. The lowest BCUT2D eigenvalue weighted by atomic mass is 10.4. The Morgan fingerprint density at radius 1 is 0.667 bits per heavy atom. The second-order valence-corrected chi connectivity index (χ2v) is 5.92. The van der Waals surface area contributed by atoms with E-state index >= 15 is 0 Å². The summed E-state index contributed by atoms with van der Waals surface area (Å²) in [5, 5.41) is 0. The van der Waals surface area contributed by atoms with Gasteiger partial charge in [-0.25, -0.2) is 19.2 Å². The van der Waals surface area contributed by atoms with E-state index < -0.39 is 45.6 Å². The molecule has 0 spiro atoms. The van der Waals surface area contributed by atoms with E-state index in [4.69, 9.17) is 27.8 Å². The molecule has 0 saturated carbocycles. The van der Waals surface area contributed by atoms with Crippen LogP contribution < -0.4 is 0 Å². The van der Waals surface area contributed by atoms with Gasteiger partial charge < -0.3 is 27.8 Å². The van der Waals surface area contributed by atoms with E-state index in [2.05, 4.69) is 26.3 Å². The molecule has 0 fully saturated rings. The van der Waals surface area contributed by atoms with Gasteiger partial charge >= 0.3 is 33.0 Å². The first-order valence-electron chi connectivity index (χ1n) is 8.37. The first kappa shape index (κ1) is 26.5. The van der Waals surface area contributed by atoms with Crippen molar-refractivity contribution in [2.45, 2.75) is 25.4 Å². The number of ether oxygens (including phenoxy) is 4. The normalized spacial score (nSPS) is 11.5. The van der Waals surface area contributed by atoms with Crippen LogP contribution in [0.15, 0.2) is 50.6 Å². The van der Waals surface area contributed by atoms with Gasteiger partial charge in [0.05, 0.1) is 26.1 Å². The van der Waals surface area contributed by atoms with Crippen molar-refractivity contribution >= 4 is 33.0 Å². The Kier molecular flexibility index (Phi) is 13.6. The highest BCUT2D eigenvalue weighted by Gasteiger charge is 2.27. The maximum atomic E-state index is 12.2. The highest BCUT2D eigenvalue weighted by molar-refractivity contribution is 6.26. The minimum Gasteiger partial charge on any atom is -0.462 e. The third kappa shape index (κ3) is 12.8. The molecule has 2 atom stereocenters. The second-order valence-electron chi connectivity index (χ2n) is 4.95. The minimum atomic E-state index is -3.40. The monoisotopic (exact) mass is 442 g/mol. The smallest absolute Gasteiger partial charge is 0.462 e. The Labute approximate surface area is 174 Å². The molecule has 0 aromatic heterocycles. The van der Waals surface area contributed by atoms with Crippen LogP contribution >= 0.6 is 0 Å². The molecule has 164 valence electrons. The molecule has 12 heteroatoms. The summed E-state index contributed by atoms with van der Waals surface area (Å²) in [6.45, 7) is 12.4. The van der Waals surface area contributed by atoms with Gasteiger partial charge in [0, 0.05) is 24.3 Å². The van der Waals surface area contributed by atoms with Gasteiger partial charge in [-0.1, -0.05) is 26.3 Å². The summed E-state index contributed by atoms with van der Waals surface area (Å²) < 4.78 is 41.3. The number of hydrogen-bond acceptors (Lipinski definition) is 11. The summed E-state index contributed by atoms with van der Waals surface area (Å²) in [6, 6.07) is 0. The molecule has 0 aliphatic rings. The first-order valence-corrected chi connectivity index (χ1v) is 9.59. The molecule has 0 rings (SSSR count). The van der Waals surface area contributed by atoms with Gasteiger partial charge in [-0.3, -0.25) is 4.46 Å². The maximum Gasteiger partial charge on any atom is 0.772 e. The zero-order valence-electron chi connectivity index (χ0n) is 16.1. The predicted molar refractivity (Wildman–Crippen MR) is 100 cm³/mol. The van der Waals surface area contributed by atoms with Crippen LogP contribution in [0, 0.1) is 0 Å². The van der Waals surface area contributed by atoms with Gasteiger partial charge in [0.1, 0.15) is 0 Å². The molecule has 0 N–H and O–H groups in total. The van der Waals surface area contributed by atoms with Crippen LogP contribution in [0.5, 0.6) is 0 Å². The van der Waals surface area contributed by atoms with E-state index in [1.165, 1.54) is 0 Å². The van der Waals surface area contributed by atoms with Crippen molar-refractivity contribution in [1.29, 1.82) is 0 Å². The van der Waals surface area contributed by atoms with Gasteiger partial charge in [-0.05, 0) is 0 Å². The van der Waals surface area contributed by atoms with Crippen molar-refractivity contribution in [3.05, 3.63) is 50.6 Å². The van der Waals surface area contributed by atoms with Crippen LogP contribution in [0.4, 0.5) is 0 Å². The summed E-state index contributed by atoms with van der Waals surface area (Å²) in [6.07, 6.45) is 0.312. The van der Waals surface area contributed by atoms with Crippen molar-refractivity contribution in [2.75, 3.05) is 13.2 Å². The molecule has 2 unspecified atom stereocenters. The molecule has 0 amide bonds. The topological polar surface area (TPSA) is 141 Å². The van der Waals surface area contributed by atoms with Gasteiger partial charge in [0.2, 0.25) is 12.6 Å². The molecular weight excluding hydrogens is 420 g/mol. The maximum absolute atomic E-state index is 12.2. The number of carbonyl (C=O) groups is 4. The summed E-state index contributed by atoms with van der Waals surface area (Å²) in [4.78, 5) is 44.9. The first-order chi connectivity index (χ1) is 14.2. The molecule has 0 aromatic rings. The van der Waals surface area contributed by atoms with Crippen molar-refractivity contribution < 1.29 is 51.4 Å². The Morgan fingerprint density at radius 3 is 1.30 bits per heavy atom. The Balaban J connectivity index is 4.91. The van der Waals surface area contributed by atoms with E-state index in [-0.39, 0.29) is 26.1 Å². The second kappa shape index (κ2) is 15.4. The Morgan fingerprint density at radius 2 is 1.00 bits per heavy atom. The van der Waals surface area contributed by atoms with Crippen LogP contribution in [0.3, 0.4) is 0 Å². The van der Waals surface area contributed by atoms with Crippen molar-refractivity contribution in [2.24, 2.45) is 0 Å². The fraction of sp³-hybridized carbons (Fsp3) is 0.333. The SMILES string of the molecule is C=CC(=O)OCCC(OC(=O)C=C)O[Si](=O)OC(CCOC(=O)C=C)OC(=O)C=C. The zero-order chi connectivity index (χ0) is 22.9. The van der Waals surface area contributed by atoms with Gasteiger partial charge in [0.25, 0.3) is 0 Å². The van der Waals surface area contributed by atoms with Gasteiger partial charge in [-0.15, -0.1) is 0 Å². The van der Waals surface area contributed by atoms with Gasteiger partial charge in [0.15, 0.2) is 0 Å². The van der Waals surface area contributed by atoms with Crippen LogP contribution in [-0.2, 0) is 51.4 Å². The molecule has 0 heterocycles. The van der Waals surface area contributed by atoms with Gasteiger partial charge in [-0.2, -0.15) is 0 Å². The van der Waals surface area contributed by atoms with E-state index in [1.807, 2.05) is 0 Å². The van der Waals surface area contributed by atoms with Crippen LogP contribution in [0.1, 0.15) is 12.8 Å². The third-order valence-corrected chi connectivity index (χ3v) is 3.72. The van der Waals surface area contributed by atoms with E-state index in [9.17, 15) is 23.6 Å². The average molecular weight is 442 g/mol. The van der Waals surface area contributed by atoms with Crippen molar-refractivity contribution in [3.63, 3.8) is 0 Å². The van der Waals surface area contributed by atoms with E-state index in [0.717, 1.165) is 24.3 Å². The fourth-order valence-electron chi connectivity index (χ4n) is 1.51. The molecule has 0 aliphatic heterocycles. The molecule has 0 aliphatic carbocycles. The summed E-state index contributed by atoms with van der Waals surface area (Å²) in [5.41, 5.74) is 0. The average Bonchev–Trinajstić information content (AvgIpc) is 2.72. The largest absolute Gasteiger partial charge is 0.772 e. The lowest BCUT2D eigenvalue weighted by Crippen LogP contribution is -2.33. The van der Waals surface area contributed by atoms with E-state index in [1.54, 1.807) is 0 Å². The molecule has 0 saturated heterocycles. The zero-order valence-corrected chi connectivity index (χ0v) is 17.1. The highest BCUT2D eigenvalue weighted by atomic mass is 28.3. The van der Waals surface area contributed by atoms with Crippen LogP contribution in [0.25, 0.3) is 0 Å². The molecule has 30 heavy (non-hydrogen) atoms. The highest BCUT2D eigenvalue weighted by Crippen LogP contribution is 2.08. The van der Waals surface area contributed by atoms with E-state index in [0.29, 0.717) is 0 Å². The predicted octanol–water partition coefficient (Wildman–Crippen LogP) is 0.784. The quantitative estimate of drug-likeness (QED) is 0.110. The lowest BCUT2D eigenvalue weighted by Gasteiger charge is -2.20. The summed E-state index contributed by atoms with van der Waals surface area (Å²) >= 11 is 0. The number of carbonyl (C=O) groups excluding carboxylic acids is 4. The Hall–Kier alpha value is -3.54. The van der Waals surface area contributed by atoms with Crippen LogP contribution in [-0.4, -0.2) is 58.8 Å². The number of esters is 4. The summed E-state index contributed by atoms with van der Waals surface area (Å²) in [7, 11) is -3.40. The van der Waals surface area contributed by atoms with Crippen LogP contribution in [0.2, 0.25) is 0 Å². The third-order valence-electron chi connectivity index (χ3n) is 2.81. The molecule has 0 bridgehead atoms. The van der Waals surface area contributed by atoms with Crippen molar-refractivity contribution in [1.82, 2.24) is 0 Å². The minimum absolute atomic E-state index is 0.188. The molecule has 0 aromatic carbocycles. The molecule has 0 radical (unpaired) electrons. The fourth-order valence-corrected chi connectivity index (χ4v) is 2.33. The summed E-state index contributed by atoms with van der Waals surface area (Å²) in [5.74, 6) is -3.23. The molecule has 11 nitrogen and oxygen atoms in total. The number of rotatable bonds is 16. The molecular formula is C18H22O11Si. The van der Waals surface area contributed by atoms with Crippen molar-refractivity contribution in [3.8, 4) is 0 Å². The number of hydrogen-bond donors (Lipinski definition) is 0.